The fraction of sp³-hybridized carbons (Fsp3) is 0.412. The second-order valence-electron chi connectivity index (χ2n) is 6.18. The molecule has 8 nitrogen and oxygen atoms in total. The highest BCUT2D eigenvalue weighted by molar-refractivity contribution is 6.03. The Balaban J connectivity index is 1.71. The second-order valence-corrected chi connectivity index (χ2v) is 6.18. The summed E-state index contributed by atoms with van der Waals surface area (Å²) in [6, 6.07) is 8.83. The molecule has 0 saturated carbocycles. The van der Waals surface area contributed by atoms with Crippen LogP contribution in [0.5, 0.6) is 0 Å². The van der Waals surface area contributed by atoms with Crippen molar-refractivity contribution in [2.24, 2.45) is 0 Å². The number of imide groups is 1. The minimum Gasteiger partial charge on any atom is -0.372 e. The van der Waals surface area contributed by atoms with Crippen LogP contribution in [0.1, 0.15) is 30.0 Å². The Labute approximate surface area is 145 Å². The molecule has 2 heterocycles. The minimum absolute atomic E-state index is 0.0645. The smallest absolute Gasteiger partial charge is 0.324 e. The third kappa shape index (κ3) is 3.85. The number of carbonyl (C=O) groups is 2. The number of morpholine rings is 1. The van der Waals surface area contributed by atoms with Crippen LogP contribution in [0.25, 0.3) is 5.69 Å². The van der Waals surface area contributed by atoms with Crippen molar-refractivity contribution in [2.75, 3.05) is 13.1 Å². The minimum atomic E-state index is -0.559. The number of nitrogens with one attached hydrogen (secondary N) is 1. The summed E-state index contributed by atoms with van der Waals surface area (Å²) in [5.74, 6) is -0.559. The maximum Gasteiger partial charge on any atom is 0.324 e. The lowest BCUT2D eigenvalue weighted by atomic mass is 10.2. The molecule has 3 rings (SSSR count). The van der Waals surface area contributed by atoms with E-state index in [0.29, 0.717) is 18.8 Å². The van der Waals surface area contributed by atoms with Crippen molar-refractivity contribution < 1.29 is 14.3 Å². The highest BCUT2D eigenvalue weighted by atomic mass is 16.5. The van der Waals surface area contributed by atoms with Crippen molar-refractivity contribution >= 4 is 11.9 Å². The van der Waals surface area contributed by atoms with Crippen LogP contribution in [0.2, 0.25) is 0 Å². The Morgan fingerprint density at radius 1 is 1.12 bits per heavy atom. The first-order valence-electron chi connectivity index (χ1n) is 8.19. The molecule has 8 heteroatoms. The quantitative estimate of drug-likeness (QED) is 0.893. The van der Waals surface area contributed by atoms with Gasteiger partial charge in [0.05, 0.1) is 23.6 Å². The van der Waals surface area contributed by atoms with Gasteiger partial charge in [-0.1, -0.05) is 18.2 Å². The summed E-state index contributed by atoms with van der Waals surface area (Å²) < 4.78 is 5.60. The molecule has 0 spiro atoms. The summed E-state index contributed by atoms with van der Waals surface area (Å²) in [7, 11) is 0. The molecule has 2 atom stereocenters. The van der Waals surface area contributed by atoms with Crippen molar-refractivity contribution in [1.82, 2.24) is 25.2 Å². The number of urea groups is 1. The number of para-hydroxylation sites is 1. The van der Waals surface area contributed by atoms with Crippen LogP contribution >= 0.6 is 0 Å². The Bertz CT molecular complexity index is 764. The predicted octanol–water partition coefficient (Wildman–Crippen LogP) is 1.53. The fourth-order valence-corrected chi connectivity index (χ4v) is 2.84. The number of nitrogens with zero attached hydrogens (tertiary/aromatic N) is 4. The number of amides is 3. The number of ether oxygens (including phenoxy) is 1. The topological polar surface area (TPSA) is 89.3 Å². The van der Waals surface area contributed by atoms with E-state index >= 15 is 0 Å². The van der Waals surface area contributed by atoms with Gasteiger partial charge in [0.15, 0.2) is 5.69 Å². The third-order valence-corrected chi connectivity index (χ3v) is 3.91. The van der Waals surface area contributed by atoms with E-state index in [1.165, 1.54) is 4.80 Å². The standard InChI is InChI=1S/C17H21N5O3/c1-11-9-21(10-12(2)25-11)17(24)18-16(23)15-13(3)19-22(20-15)14-7-5-4-6-8-14/h4-8,11-12H,9-10H2,1-3H3,(H,18,23,24). The first-order valence-corrected chi connectivity index (χ1v) is 8.19. The molecule has 1 aliphatic heterocycles. The van der Waals surface area contributed by atoms with Gasteiger partial charge in [-0.15, -0.1) is 5.10 Å². The third-order valence-electron chi connectivity index (χ3n) is 3.91. The van der Waals surface area contributed by atoms with Crippen LogP contribution in [0, 0.1) is 6.92 Å². The summed E-state index contributed by atoms with van der Waals surface area (Å²) >= 11 is 0. The fourth-order valence-electron chi connectivity index (χ4n) is 2.84. The van der Waals surface area contributed by atoms with Crippen molar-refractivity contribution in [2.45, 2.75) is 33.0 Å². The van der Waals surface area contributed by atoms with Gasteiger partial charge in [-0.2, -0.15) is 9.90 Å². The normalized spacial score (nSPS) is 20.4. The van der Waals surface area contributed by atoms with Crippen LogP contribution in [0.3, 0.4) is 0 Å². The molecule has 1 N–H and O–H groups in total. The van der Waals surface area contributed by atoms with Crippen LogP contribution in [-0.2, 0) is 4.74 Å². The number of rotatable bonds is 2. The van der Waals surface area contributed by atoms with E-state index in [4.69, 9.17) is 4.74 Å². The van der Waals surface area contributed by atoms with Gasteiger partial charge >= 0.3 is 6.03 Å². The summed E-state index contributed by atoms with van der Waals surface area (Å²) in [6.07, 6.45) is -0.129. The lowest BCUT2D eigenvalue weighted by molar-refractivity contribution is -0.0543. The van der Waals surface area contributed by atoms with Crippen molar-refractivity contribution in [3.63, 3.8) is 0 Å². The zero-order valence-electron chi connectivity index (χ0n) is 14.5. The Hall–Kier alpha value is -2.74. The maximum atomic E-state index is 12.4. The number of aromatic nitrogens is 3. The van der Waals surface area contributed by atoms with Gasteiger partial charge in [-0.05, 0) is 32.9 Å². The molecule has 2 aromatic rings. The second kappa shape index (κ2) is 7.02. The van der Waals surface area contributed by atoms with Gasteiger partial charge in [-0.3, -0.25) is 10.1 Å². The summed E-state index contributed by atoms with van der Waals surface area (Å²) in [4.78, 5) is 27.7. The highest BCUT2D eigenvalue weighted by Gasteiger charge is 2.28. The number of benzene rings is 1. The molecule has 3 amide bonds. The largest absolute Gasteiger partial charge is 0.372 e. The summed E-state index contributed by atoms with van der Waals surface area (Å²) in [6.45, 7) is 6.36. The molecular formula is C17H21N5O3. The molecule has 1 saturated heterocycles. The zero-order chi connectivity index (χ0) is 18.0. The number of hydrogen-bond acceptors (Lipinski definition) is 5. The monoisotopic (exact) mass is 343 g/mol. The van der Waals surface area contributed by atoms with E-state index in [-0.39, 0.29) is 17.9 Å². The van der Waals surface area contributed by atoms with E-state index in [1.54, 1.807) is 11.8 Å². The Kier molecular flexibility index (Phi) is 4.80. The highest BCUT2D eigenvalue weighted by Crippen LogP contribution is 2.12. The molecule has 2 unspecified atom stereocenters. The average molecular weight is 343 g/mol. The molecule has 1 aromatic heterocycles. The first-order chi connectivity index (χ1) is 11.9. The van der Waals surface area contributed by atoms with Crippen molar-refractivity contribution in [3.8, 4) is 5.69 Å². The van der Waals surface area contributed by atoms with E-state index < -0.39 is 11.9 Å². The van der Waals surface area contributed by atoms with Gasteiger partial charge in [0, 0.05) is 13.1 Å². The molecule has 132 valence electrons. The van der Waals surface area contributed by atoms with Crippen LogP contribution < -0.4 is 5.32 Å². The molecular weight excluding hydrogens is 322 g/mol. The summed E-state index contributed by atoms with van der Waals surface area (Å²) in [5, 5.41) is 10.8. The summed E-state index contributed by atoms with van der Waals surface area (Å²) in [5.41, 5.74) is 1.33. The molecule has 25 heavy (non-hydrogen) atoms. The molecule has 0 aliphatic carbocycles. The molecule has 0 bridgehead atoms. The lowest BCUT2D eigenvalue weighted by Crippen LogP contribution is -2.52. The van der Waals surface area contributed by atoms with Gasteiger partial charge in [0.2, 0.25) is 0 Å². The number of aryl methyl sites for hydroxylation is 1. The number of carbonyl (C=O) groups excluding carboxylic acids is 2. The number of hydrogen-bond donors (Lipinski definition) is 1. The average Bonchev–Trinajstić information content (AvgIpc) is 2.96. The Morgan fingerprint density at radius 2 is 1.76 bits per heavy atom. The van der Waals surface area contributed by atoms with Crippen LogP contribution in [-0.4, -0.2) is 57.1 Å². The molecule has 0 radical (unpaired) electrons. The van der Waals surface area contributed by atoms with Gasteiger partial charge < -0.3 is 9.64 Å². The molecule has 1 aliphatic rings. The van der Waals surface area contributed by atoms with E-state index in [2.05, 4.69) is 15.5 Å². The maximum absolute atomic E-state index is 12.4. The SMILES string of the molecule is Cc1nn(-c2ccccc2)nc1C(=O)NC(=O)N1CC(C)OC(C)C1. The first kappa shape index (κ1) is 17.1. The van der Waals surface area contributed by atoms with Crippen molar-refractivity contribution in [3.05, 3.63) is 41.7 Å². The van der Waals surface area contributed by atoms with Gasteiger partial charge in [0.1, 0.15) is 0 Å². The van der Waals surface area contributed by atoms with Gasteiger partial charge in [-0.25, -0.2) is 4.79 Å². The lowest BCUT2D eigenvalue weighted by Gasteiger charge is -2.34. The Morgan fingerprint density at radius 3 is 2.40 bits per heavy atom. The molecule has 1 fully saturated rings. The van der Waals surface area contributed by atoms with Crippen LogP contribution in [0.15, 0.2) is 30.3 Å². The predicted molar refractivity (Wildman–Crippen MR) is 90.5 cm³/mol. The van der Waals surface area contributed by atoms with Crippen LogP contribution in [0.4, 0.5) is 4.79 Å². The van der Waals surface area contributed by atoms with E-state index in [1.807, 2.05) is 44.2 Å². The zero-order valence-corrected chi connectivity index (χ0v) is 14.5. The van der Waals surface area contributed by atoms with E-state index in [9.17, 15) is 9.59 Å². The molecule has 1 aromatic carbocycles. The van der Waals surface area contributed by atoms with Gasteiger partial charge in [0.25, 0.3) is 5.91 Å². The van der Waals surface area contributed by atoms with Crippen molar-refractivity contribution in [1.29, 1.82) is 0 Å². The van der Waals surface area contributed by atoms with E-state index in [0.717, 1.165) is 5.69 Å².